The highest BCUT2D eigenvalue weighted by molar-refractivity contribution is 9.10. The van der Waals surface area contributed by atoms with E-state index in [1.165, 1.54) is 13.0 Å². The van der Waals surface area contributed by atoms with Gasteiger partial charge >= 0.3 is 0 Å². The number of nitrogens with two attached hydrogens (primary N) is 1. The quantitative estimate of drug-likeness (QED) is 0.655. The Bertz CT molecular complexity index is 714. The molecule has 0 aromatic heterocycles. The maximum atomic E-state index is 13.3. The van der Waals surface area contributed by atoms with Gasteiger partial charge in [0.2, 0.25) is 0 Å². The zero-order chi connectivity index (χ0) is 15.6. The molecule has 3 N–H and O–H groups in total. The zero-order valence-corrected chi connectivity index (χ0v) is 12.7. The summed E-state index contributed by atoms with van der Waals surface area (Å²) in [5.74, 6) is -1.07. The average molecular weight is 351 g/mol. The van der Waals surface area contributed by atoms with E-state index in [9.17, 15) is 14.0 Å². The third kappa shape index (κ3) is 3.46. The Hall–Kier alpha value is -2.21. The van der Waals surface area contributed by atoms with Gasteiger partial charge < -0.3 is 11.1 Å². The number of Topliss-reactive ketones (excluding diaryl/α,β-unsaturated/α-hetero) is 1. The minimum absolute atomic E-state index is 0.0538. The molecule has 0 atom stereocenters. The molecule has 0 fully saturated rings. The SMILES string of the molecule is CC(=O)c1ccc(NC(=O)c2cc(N)c(F)cc2Br)cc1. The summed E-state index contributed by atoms with van der Waals surface area (Å²) < 4.78 is 13.6. The molecule has 2 rings (SSSR count). The van der Waals surface area contributed by atoms with Crippen LogP contribution in [0.4, 0.5) is 15.8 Å². The van der Waals surface area contributed by atoms with Crippen LogP contribution in [0.15, 0.2) is 40.9 Å². The van der Waals surface area contributed by atoms with Gasteiger partial charge in [0.05, 0.1) is 11.3 Å². The fourth-order valence-corrected chi connectivity index (χ4v) is 2.22. The third-order valence-electron chi connectivity index (χ3n) is 2.88. The average Bonchev–Trinajstić information content (AvgIpc) is 2.43. The highest BCUT2D eigenvalue weighted by atomic mass is 79.9. The summed E-state index contributed by atoms with van der Waals surface area (Å²) in [4.78, 5) is 23.3. The fourth-order valence-electron chi connectivity index (χ4n) is 1.73. The first-order chi connectivity index (χ1) is 9.88. The lowest BCUT2D eigenvalue weighted by Crippen LogP contribution is -2.13. The van der Waals surface area contributed by atoms with Gasteiger partial charge in [0, 0.05) is 15.7 Å². The van der Waals surface area contributed by atoms with Crippen molar-refractivity contribution in [3.63, 3.8) is 0 Å². The molecule has 1 amide bonds. The molecular formula is C15H12BrFN2O2. The molecule has 0 aliphatic carbocycles. The molecule has 108 valence electrons. The van der Waals surface area contributed by atoms with Crippen LogP contribution in [0, 0.1) is 5.82 Å². The number of amides is 1. The summed E-state index contributed by atoms with van der Waals surface area (Å²) in [6.45, 7) is 1.46. The van der Waals surface area contributed by atoms with Gasteiger partial charge in [-0.3, -0.25) is 9.59 Å². The second kappa shape index (κ2) is 6.05. The van der Waals surface area contributed by atoms with Crippen molar-refractivity contribution < 1.29 is 14.0 Å². The second-order valence-electron chi connectivity index (χ2n) is 4.44. The lowest BCUT2D eigenvalue weighted by atomic mass is 10.1. The van der Waals surface area contributed by atoms with E-state index in [1.54, 1.807) is 24.3 Å². The van der Waals surface area contributed by atoms with Gasteiger partial charge in [-0.2, -0.15) is 0 Å². The van der Waals surface area contributed by atoms with E-state index in [2.05, 4.69) is 21.2 Å². The number of hydrogen-bond acceptors (Lipinski definition) is 3. The van der Waals surface area contributed by atoms with Gasteiger partial charge in [-0.05, 0) is 59.3 Å². The summed E-state index contributed by atoms with van der Waals surface area (Å²) in [6, 6.07) is 8.88. The highest BCUT2D eigenvalue weighted by Gasteiger charge is 2.13. The number of rotatable bonds is 3. The third-order valence-corrected chi connectivity index (χ3v) is 3.54. The summed E-state index contributed by atoms with van der Waals surface area (Å²) in [6.07, 6.45) is 0. The smallest absolute Gasteiger partial charge is 0.256 e. The Kier molecular flexibility index (Phi) is 4.37. The van der Waals surface area contributed by atoms with Crippen LogP contribution >= 0.6 is 15.9 Å². The number of benzene rings is 2. The van der Waals surface area contributed by atoms with E-state index < -0.39 is 11.7 Å². The van der Waals surface area contributed by atoms with Crippen molar-refractivity contribution in [2.45, 2.75) is 6.92 Å². The van der Waals surface area contributed by atoms with Crippen LogP contribution in [0.2, 0.25) is 0 Å². The normalized spacial score (nSPS) is 10.2. The van der Waals surface area contributed by atoms with E-state index >= 15 is 0 Å². The molecule has 0 aliphatic rings. The monoisotopic (exact) mass is 350 g/mol. The van der Waals surface area contributed by atoms with Gasteiger partial charge in [0.15, 0.2) is 5.78 Å². The molecule has 0 saturated heterocycles. The maximum absolute atomic E-state index is 13.3. The van der Waals surface area contributed by atoms with Crippen LogP contribution in [0.3, 0.4) is 0 Å². The molecule has 0 spiro atoms. The van der Waals surface area contributed by atoms with Crippen LogP contribution < -0.4 is 11.1 Å². The first kappa shape index (κ1) is 15.2. The lowest BCUT2D eigenvalue weighted by Gasteiger charge is -2.08. The minimum Gasteiger partial charge on any atom is -0.396 e. The first-order valence-electron chi connectivity index (χ1n) is 6.05. The van der Waals surface area contributed by atoms with Gasteiger partial charge in [-0.1, -0.05) is 0 Å². The molecule has 0 heterocycles. The minimum atomic E-state index is -0.593. The lowest BCUT2D eigenvalue weighted by molar-refractivity contribution is 0.101. The summed E-state index contributed by atoms with van der Waals surface area (Å²) in [5, 5.41) is 2.65. The number of hydrogen-bond donors (Lipinski definition) is 2. The van der Waals surface area contributed by atoms with Crippen LogP contribution in [0.25, 0.3) is 0 Å². The molecule has 0 radical (unpaired) electrons. The Labute approximate surface area is 129 Å². The standard InChI is InChI=1S/C15H12BrFN2O2/c1-8(20)9-2-4-10(5-3-9)19-15(21)11-6-14(18)13(17)7-12(11)16/h2-7H,18H2,1H3,(H,19,21). The zero-order valence-electron chi connectivity index (χ0n) is 11.1. The Balaban J connectivity index is 2.22. The summed E-state index contributed by atoms with van der Waals surface area (Å²) >= 11 is 3.12. The largest absolute Gasteiger partial charge is 0.396 e. The van der Waals surface area contributed by atoms with Gasteiger partial charge in [0.25, 0.3) is 5.91 Å². The Morgan fingerprint density at radius 3 is 2.38 bits per heavy atom. The molecule has 21 heavy (non-hydrogen) atoms. The highest BCUT2D eigenvalue weighted by Crippen LogP contribution is 2.24. The van der Waals surface area contributed by atoms with Crippen molar-refractivity contribution in [3.8, 4) is 0 Å². The number of anilines is 2. The van der Waals surface area contributed by atoms with Crippen molar-refractivity contribution in [1.82, 2.24) is 0 Å². The number of halogens is 2. The molecule has 2 aromatic rings. The number of nitrogen functional groups attached to an aromatic ring is 1. The summed E-state index contributed by atoms with van der Waals surface area (Å²) in [5.41, 5.74) is 6.67. The molecule has 0 aliphatic heterocycles. The maximum Gasteiger partial charge on any atom is 0.256 e. The number of ketones is 1. The molecule has 0 unspecified atom stereocenters. The van der Waals surface area contributed by atoms with Gasteiger partial charge in [0.1, 0.15) is 5.82 Å². The van der Waals surface area contributed by atoms with E-state index in [0.717, 1.165) is 6.07 Å². The van der Waals surface area contributed by atoms with Crippen molar-refractivity contribution in [2.75, 3.05) is 11.1 Å². The Morgan fingerprint density at radius 1 is 1.19 bits per heavy atom. The topological polar surface area (TPSA) is 72.2 Å². The van der Waals surface area contributed by atoms with Crippen molar-refractivity contribution >= 4 is 39.0 Å². The van der Waals surface area contributed by atoms with Crippen molar-refractivity contribution in [1.29, 1.82) is 0 Å². The van der Waals surface area contributed by atoms with Gasteiger partial charge in [-0.25, -0.2) is 4.39 Å². The first-order valence-corrected chi connectivity index (χ1v) is 6.84. The van der Waals surface area contributed by atoms with Gasteiger partial charge in [-0.15, -0.1) is 0 Å². The Morgan fingerprint density at radius 2 is 1.81 bits per heavy atom. The molecule has 2 aromatic carbocycles. The molecule has 0 bridgehead atoms. The predicted octanol–water partition coefficient (Wildman–Crippen LogP) is 3.63. The summed E-state index contributed by atoms with van der Waals surface area (Å²) in [7, 11) is 0. The predicted molar refractivity (Wildman–Crippen MR) is 82.9 cm³/mol. The number of carbonyl (C=O) groups excluding carboxylic acids is 2. The number of nitrogens with one attached hydrogen (secondary N) is 1. The van der Waals surface area contributed by atoms with E-state index in [0.29, 0.717) is 15.7 Å². The van der Waals surface area contributed by atoms with Crippen molar-refractivity contribution in [2.24, 2.45) is 0 Å². The fraction of sp³-hybridized carbons (Fsp3) is 0.0667. The van der Waals surface area contributed by atoms with Crippen LogP contribution in [0.1, 0.15) is 27.6 Å². The van der Waals surface area contributed by atoms with Crippen LogP contribution in [-0.4, -0.2) is 11.7 Å². The second-order valence-corrected chi connectivity index (χ2v) is 5.30. The van der Waals surface area contributed by atoms with E-state index in [4.69, 9.17) is 5.73 Å². The molecule has 6 heteroatoms. The van der Waals surface area contributed by atoms with Crippen LogP contribution in [0.5, 0.6) is 0 Å². The number of carbonyl (C=O) groups is 2. The van der Waals surface area contributed by atoms with Crippen molar-refractivity contribution in [3.05, 3.63) is 57.8 Å². The van der Waals surface area contributed by atoms with E-state index in [-0.39, 0.29) is 17.0 Å². The molecular weight excluding hydrogens is 339 g/mol. The molecule has 4 nitrogen and oxygen atoms in total. The van der Waals surface area contributed by atoms with E-state index in [1.807, 2.05) is 0 Å². The van der Waals surface area contributed by atoms with Crippen LogP contribution in [-0.2, 0) is 0 Å². The molecule has 0 saturated carbocycles.